The molecule has 21 heavy (non-hydrogen) atoms. The topological polar surface area (TPSA) is 25.8 Å². The molecule has 0 aliphatic heterocycles. The van der Waals surface area contributed by atoms with Gasteiger partial charge in [-0.15, -0.1) is 0 Å². The molecule has 0 spiro atoms. The van der Waals surface area contributed by atoms with Crippen LogP contribution in [0.15, 0.2) is 73.3 Å². The molecule has 0 N–H and O–H groups in total. The summed E-state index contributed by atoms with van der Waals surface area (Å²) in [5.41, 5.74) is 5.99. The first kappa shape index (κ1) is 13.3. The molecule has 2 heterocycles. The van der Waals surface area contributed by atoms with Crippen molar-refractivity contribution >= 4 is 11.6 Å². The van der Waals surface area contributed by atoms with Crippen molar-refractivity contribution in [2.24, 2.45) is 0 Å². The molecule has 2 aromatic heterocycles. The summed E-state index contributed by atoms with van der Waals surface area (Å²) in [5, 5.41) is 0. The minimum absolute atomic E-state index is 1.14. The Labute approximate surface area is 124 Å². The van der Waals surface area contributed by atoms with Crippen molar-refractivity contribution in [3.05, 3.63) is 95.6 Å². The fourth-order valence-electron chi connectivity index (χ4n) is 2.35. The normalized spacial score (nSPS) is 11.4. The number of aromatic nitrogens is 2. The van der Waals surface area contributed by atoms with Gasteiger partial charge in [0.05, 0.1) is 0 Å². The van der Waals surface area contributed by atoms with E-state index >= 15 is 0 Å². The largest absolute Gasteiger partial charge is 0.265 e. The van der Waals surface area contributed by atoms with Crippen LogP contribution in [-0.2, 0) is 0 Å². The molecule has 3 rings (SSSR count). The third-order valence-corrected chi connectivity index (χ3v) is 3.44. The fraction of sp³-hybridized carbons (Fsp3) is 0.0526. The zero-order chi connectivity index (χ0) is 14.5. The molecule has 3 aromatic rings. The Bertz CT molecular complexity index is 747. The summed E-state index contributed by atoms with van der Waals surface area (Å²) in [4.78, 5) is 8.19. The van der Waals surface area contributed by atoms with Crippen LogP contribution in [0.25, 0.3) is 11.6 Å². The monoisotopic (exact) mass is 272 g/mol. The van der Waals surface area contributed by atoms with Gasteiger partial charge in [0.1, 0.15) is 0 Å². The van der Waals surface area contributed by atoms with Crippen molar-refractivity contribution in [1.82, 2.24) is 9.97 Å². The zero-order valence-corrected chi connectivity index (χ0v) is 11.9. The molecule has 0 aliphatic rings. The van der Waals surface area contributed by atoms with E-state index in [0.29, 0.717) is 0 Å². The van der Waals surface area contributed by atoms with Gasteiger partial charge in [-0.3, -0.25) is 9.97 Å². The molecule has 0 fully saturated rings. The Kier molecular flexibility index (Phi) is 3.88. The molecule has 0 radical (unpaired) electrons. The summed E-state index contributed by atoms with van der Waals surface area (Å²) in [6.45, 7) is 2.14. The molecule has 2 nitrogen and oxygen atoms in total. The Morgan fingerprint density at radius 1 is 0.810 bits per heavy atom. The highest BCUT2D eigenvalue weighted by Crippen LogP contribution is 2.27. The number of pyridine rings is 2. The van der Waals surface area contributed by atoms with Crippen molar-refractivity contribution in [1.29, 1.82) is 0 Å². The molecular formula is C19H16N2. The maximum Gasteiger partial charge on any atom is 0.0273 e. The summed E-state index contributed by atoms with van der Waals surface area (Å²) in [6.07, 6.45) is 9.48. The smallest absolute Gasteiger partial charge is 0.0273 e. The summed E-state index contributed by atoms with van der Waals surface area (Å²) in [6, 6.07) is 16.5. The highest BCUT2D eigenvalue weighted by molar-refractivity contribution is 5.92. The summed E-state index contributed by atoms with van der Waals surface area (Å²) in [5.74, 6) is 0. The van der Waals surface area contributed by atoms with E-state index in [2.05, 4.69) is 47.2 Å². The molecule has 0 unspecified atom stereocenters. The zero-order valence-electron chi connectivity index (χ0n) is 11.9. The second kappa shape index (κ2) is 6.14. The minimum Gasteiger partial charge on any atom is -0.265 e. The number of nitrogens with zero attached hydrogens (tertiary/aromatic N) is 2. The van der Waals surface area contributed by atoms with Gasteiger partial charge in [-0.1, -0.05) is 24.3 Å². The molecule has 0 bridgehead atoms. The van der Waals surface area contributed by atoms with Crippen LogP contribution in [0.1, 0.15) is 22.3 Å². The first-order valence-electron chi connectivity index (χ1n) is 6.93. The predicted molar refractivity (Wildman–Crippen MR) is 86.6 cm³/mol. The van der Waals surface area contributed by atoms with Gasteiger partial charge in [0.15, 0.2) is 0 Å². The number of rotatable bonds is 3. The Hall–Kier alpha value is -2.74. The lowest BCUT2D eigenvalue weighted by Gasteiger charge is -2.11. The molecule has 102 valence electrons. The average molecular weight is 272 g/mol. The van der Waals surface area contributed by atoms with Gasteiger partial charge in [0.2, 0.25) is 0 Å². The molecule has 0 atom stereocenters. The van der Waals surface area contributed by atoms with Crippen molar-refractivity contribution < 1.29 is 0 Å². The molecular weight excluding hydrogens is 256 g/mol. The lowest BCUT2D eigenvalue weighted by molar-refractivity contribution is 1.31. The summed E-state index contributed by atoms with van der Waals surface area (Å²) >= 11 is 0. The van der Waals surface area contributed by atoms with Crippen LogP contribution < -0.4 is 0 Å². The van der Waals surface area contributed by atoms with Gasteiger partial charge in [-0.05, 0) is 65.1 Å². The third-order valence-electron chi connectivity index (χ3n) is 3.44. The molecule has 1 aromatic carbocycles. The fourth-order valence-corrected chi connectivity index (χ4v) is 2.35. The predicted octanol–water partition coefficient (Wildman–Crippen LogP) is 4.37. The third kappa shape index (κ3) is 3.06. The van der Waals surface area contributed by atoms with Gasteiger partial charge in [0.25, 0.3) is 0 Å². The van der Waals surface area contributed by atoms with Gasteiger partial charge in [-0.2, -0.15) is 0 Å². The van der Waals surface area contributed by atoms with E-state index in [4.69, 9.17) is 0 Å². The van der Waals surface area contributed by atoms with Gasteiger partial charge >= 0.3 is 0 Å². The molecule has 0 aliphatic carbocycles. The number of hydrogen-bond donors (Lipinski definition) is 0. The molecule has 0 saturated heterocycles. The maximum absolute atomic E-state index is 4.11. The highest BCUT2D eigenvalue weighted by Gasteiger charge is 2.07. The number of benzene rings is 1. The van der Waals surface area contributed by atoms with Crippen molar-refractivity contribution in [3.63, 3.8) is 0 Å². The lowest BCUT2D eigenvalue weighted by atomic mass is 9.93. The van der Waals surface area contributed by atoms with E-state index in [9.17, 15) is 0 Å². The lowest BCUT2D eigenvalue weighted by Crippen LogP contribution is -1.92. The molecule has 0 saturated carbocycles. The Morgan fingerprint density at radius 2 is 1.43 bits per heavy atom. The van der Waals surface area contributed by atoms with Crippen molar-refractivity contribution in [2.75, 3.05) is 0 Å². The second-order valence-electron chi connectivity index (χ2n) is 4.89. The summed E-state index contributed by atoms with van der Waals surface area (Å²) in [7, 11) is 0. The van der Waals surface area contributed by atoms with Crippen molar-refractivity contribution in [2.45, 2.75) is 6.92 Å². The van der Waals surface area contributed by atoms with Crippen LogP contribution in [-0.4, -0.2) is 9.97 Å². The number of aryl methyl sites for hydroxylation is 1. The average Bonchev–Trinajstić information content (AvgIpc) is 2.55. The van der Waals surface area contributed by atoms with Crippen molar-refractivity contribution in [3.8, 4) is 0 Å². The number of hydrogen-bond acceptors (Lipinski definition) is 2. The quantitative estimate of drug-likeness (QED) is 0.707. The summed E-state index contributed by atoms with van der Waals surface area (Å²) < 4.78 is 0. The Balaban J connectivity index is 2.17. The van der Waals surface area contributed by atoms with Crippen LogP contribution >= 0.6 is 0 Å². The van der Waals surface area contributed by atoms with Crippen LogP contribution in [0, 0.1) is 6.92 Å². The van der Waals surface area contributed by atoms with E-state index in [1.807, 2.05) is 49.1 Å². The molecule has 0 amide bonds. The standard InChI is InChI=1S/C19H16N2/c1-15-4-2-3-5-18(15)19(17-8-12-21-13-9-17)14-16-6-10-20-11-7-16/h2-14H,1H3/b19-14+. The van der Waals surface area contributed by atoms with Gasteiger partial charge in [-0.25, -0.2) is 0 Å². The highest BCUT2D eigenvalue weighted by atomic mass is 14.6. The van der Waals surface area contributed by atoms with Gasteiger partial charge in [0, 0.05) is 24.8 Å². The van der Waals surface area contributed by atoms with E-state index in [1.165, 1.54) is 16.7 Å². The van der Waals surface area contributed by atoms with Crippen LogP contribution in [0.3, 0.4) is 0 Å². The Morgan fingerprint density at radius 3 is 2.10 bits per heavy atom. The van der Waals surface area contributed by atoms with E-state index in [1.54, 1.807) is 0 Å². The maximum atomic E-state index is 4.11. The van der Waals surface area contributed by atoms with Crippen LogP contribution in [0.2, 0.25) is 0 Å². The molecule has 2 heteroatoms. The SMILES string of the molecule is Cc1ccccc1/C(=C/c1ccncc1)c1ccncc1. The van der Waals surface area contributed by atoms with E-state index in [-0.39, 0.29) is 0 Å². The first-order valence-corrected chi connectivity index (χ1v) is 6.93. The van der Waals surface area contributed by atoms with E-state index < -0.39 is 0 Å². The van der Waals surface area contributed by atoms with Crippen LogP contribution in [0.5, 0.6) is 0 Å². The minimum atomic E-state index is 1.14. The van der Waals surface area contributed by atoms with Crippen LogP contribution in [0.4, 0.5) is 0 Å². The first-order chi connectivity index (χ1) is 10.3. The second-order valence-corrected chi connectivity index (χ2v) is 4.89. The van der Waals surface area contributed by atoms with E-state index in [0.717, 1.165) is 11.1 Å². The van der Waals surface area contributed by atoms with Gasteiger partial charge < -0.3 is 0 Å².